The lowest BCUT2D eigenvalue weighted by molar-refractivity contribution is -0.136. The number of fused-ring (bicyclic) bond motifs is 1. The van der Waals surface area contributed by atoms with Crippen LogP contribution in [0.4, 0.5) is 19.0 Å². The first-order valence-electron chi connectivity index (χ1n) is 6.66. The predicted octanol–water partition coefficient (Wildman–Crippen LogP) is 2.09. The Morgan fingerprint density at radius 3 is 2.76 bits per heavy atom. The molecule has 0 saturated carbocycles. The van der Waals surface area contributed by atoms with Crippen molar-refractivity contribution < 1.29 is 13.2 Å². The van der Waals surface area contributed by atoms with Crippen LogP contribution in [-0.4, -0.2) is 28.0 Å². The van der Waals surface area contributed by atoms with Gasteiger partial charge in [0.15, 0.2) is 5.65 Å². The van der Waals surface area contributed by atoms with E-state index in [-0.39, 0.29) is 22.8 Å². The number of nitrogens with two attached hydrogens (primary N) is 1. The van der Waals surface area contributed by atoms with Gasteiger partial charge in [-0.15, -0.1) is 0 Å². The van der Waals surface area contributed by atoms with Gasteiger partial charge in [-0.2, -0.15) is 13.2 Å². The summed E-state index contributed by atoms with van der Waals surface area (Å²) >= 11 is 0. The van der Waals surface area contributed by atoms with Crippen molar-refractivity contribution in [1.82, 2.24) is 20.3 Å². The van der Waals surface area contributed by atoms with Crippen LogP contribution >= 0.6 is 0 Å². The lowest BCUT2D eigenvalue weighted by atomic mass is 9.94. The van der Waals surface area contributed by atoms with E-state index in [9.17, 15) is 13.2 Å². The molecule has 2 aromatic rings. The molecule has 1 aliphatic heterocycles. The van der Waals surface area contributed by atoms with Crippen molar-refractivity contribution in [2.75, 3.05) is 18.8 Å². The van der Waals surface area contributed by atoms with Gasteiger partial charge in [-0.3, -0.25) is 0 Å². The second-order valence-electron chi connectivity index (χ2n) is 5.09. The number of halogens is 3. The standard InChI is InChI=1S/C13H14F3N5/c14-13(15,16)8-4-9(7-2-1-3-18-5-7)21-12-10(8)11(17)19-6-20-12/h4,6-7,18H,1-3,5H2,(H2,17,19,20,21)/t7-/m1/s1. The normalized spacial score (nSPS) is 19.9. The summed E-state index contributed by atoms with van der Waals surface area (Å²) in [5, 5.41) is 2.95. The van der Waals surface area contributed by atoms with Gasteiger partial charge in [0.05, 0.1) is 10.9 Å². The van der Waals surface area contributed by atoms with Crippen molar-refractivity contribution in [3.8, 4) is 0 Å². The number of nitrogens with one attached hydrogen (secondary N) is 1. The van der Waals surface area contributed by atoms with Crippen LogP contribution in [0.2, 0.25) is 0 Å². The average Bonchev–Trinajstić information content (AvgIpc) is 2.46. The molecule has 0 spiro atoms. The fourth-order valence-corrected chi connectivity index (χ4v) is 2.64. The van der Waals surface area contributed by atoms with Crippen molar-refractivity contribution in [1.29, 1.82) is 0 Å². The van der Waals surface area contributed by atoms with E-state index in [0.29, 0.717) is 12.2 Å². The summed E-state index contributed by atoms with van der Waals surface area (Å²) in [7, 11) is 0. The molecule has 21 heavy (non-hydrogen) atoms. The molecule has 0 amide bonds. The molecule has 2 aromatic heterocycles. The Hall–Kier alpha value is -1.96. The number of piperidine rings is 1. The third-order valence-electron chi connectivity index (χ3n) is 3.67. The highest BCUT2D eigenvalue weighted by atomic mass is 19.4. The van der Waals surface area contributed by atoms with Crippen LogP contribution in [0, 0.1) is 0 Å². The highest BCUT2D eigenvalue weighted by Crippen LogP contribution is 2.37. The largest absolute Gasteiger partial charge is 0.417 e. The van der Waals surface area contributed by atoms with Gasteiger partial charge in [-0.05, 0) is 25.5 Å². The van der Waals surface area contributed by atoms with E-state index in [4.69, 9.17) is 5.73 Å². The van der Waals surface area contributed by atoms with E-state index in [2.05, 4.69) is 20.3 Å². The zero-order valence-electron chi connectivity index (χ0n) is 11.1. The van der Waals surface area contributed by atoms with Gasteiger partial charge in [-0.1, -0.05) is 0 Å². The van der Waals surface area contributed by atoms with Crippen LogP contribution in [0.1, 0.15) is 30.0 Å². The fourth-order valence-electron chi connectivity index (χ4n) is 2.64. The van der Waals surface area contributed by atoms with Gasteiger partial charge in [0.2, 0.25) is 0 Å². The van der Waals surface area contributed by atoms with E-state index in [1.54, 1.807) is 0 Å². The lowest BCUT2D eigenvalue weighted by Gasteiger charge is -2.23. The van der Waals surface area contributed by atoms with E-state index in [0.717, 1.165) is 31.8 Å². The minimum absolute atomic E-state index is 0.00195. The number of nitrogen functional groups attached to an aromatic ring is 1. The number of hydrogen-bond acceptors (Lipinski definition) is 5. The van der Waals surface area contributed by atoms with Crippen LogP contribution in [-0.2, 0) is 6.18 Å². The van der Waals surface area contributed by atoms with Crippen molar-refractivity contribution in [3.05, 3.63) is 23.7 Å². The molecule has 0 aliphatic carbocycles. The summed E-state index contributed by atoms with van der Waals surface area (Å²) in [6.07, 6.45) is -1.66. The van der Waals surface area contributed by atoms with Gasteiger partial charge < -0.3 is 11.1 Å². The van der Waals surface area contributed by atoms with Gasteiger partial charge in [-0.25, -0.2) is 15.0 Å². The van der Waals surface area contributed by atoms with Gasteiger partial charge in [0.1, 0.15) is 12.1 Å². The SMILES string of the molecule is Nc1ncnc2nc([C@@H]3CCCNC3)cc(C(F)(F)F)c12. The lowest BCUT2D eigenvalue weighted by Crippen LogP contribution is -2.29. The number of pyridine rings is 1. The van der Waals surface area contributed by atoms with Crippen LogP contribution in [0.15, 0.2) is 12.4 Å². The van der Waals surface area contributed by atoms with Crippen molar-refractivity contribution >= 4 is 16.9 Å². The number of aromatic nitrogens is 3. The molecule has 0 unspecified atom stereocenters. The van der Waals surface area contributed by atoms with E-state index in [1.807, 2.05) is 0 Å². The Morgan fingerprint density at radius 1 is 1.29 bits per heavy atom. The zero-order chi connectivity index (χ0) is 15.0. The molecule has 1 atom stereocenters. The van der Waals surface area contributed by atoms with Crippen LogP contribution in [0.5, 0.6) is 0 Å². The van der Waals surface area contributed by atoms with E-state index in [1.165, 1.54) is 0 Å². The summed E-state index contributed by atoms with van der Waals surface area (Å²) < 4.78 is 39.9. The average molecular weight is 297 g/mol. The molecular weight excluding hydrogens is 283 g/mol. The fraction of sp³-hybridized carbons (Fsp3) is 0.462. The monoisotopic (exact) mass is 297 g/mol. The summed E-state index contributed by atoms with van der Waals surface area (Å²) in [6.45, 7) is 1.50. The summed E-state index contributed by atoms with van der Waals surface area (Å²) in [4.78, 5) is 11.7. The molecule has 1 saturated heterocycles. The Morgan fingerprint density at radius 2 is 2.10 bits per heavy atom. The maximum atomic E-state index is 13.3. The molecule has 5 nitrogen and oxygen atoms in total. The van der Waals surface area contributed by atoms with Crippen molar-refractivity contribution in [3.63, 3.8) is 0 Å². The number of nitrogens with zero attached hydrogens (tertiary/aromatic N) is 3. The molecule has 1 aliphatic rings. The van der Waals surface area contributed by atoms with Crippen molar-refractivity contribution in [2.24, 2.45) is 0 Å². The molecule has 0 radical (unpaired) electrons. The van der Waals surface area contributed by atoms with Crippen molar-refractivity contribution in [2.45, 2.75) is 24.9 Å². The highest BCUT2D eigenvalue weighted by molar-refractivity contribution is 5.89. The topological polar surface area (TPSA) is 76.7 Å². The second-order valence-corrected chi connectivity index (χ2v) is 5.09. The minimum Gasteiger partial charge on any atom is -0.383 e. The third-order valence-corrected chi connectivity index (χ3v) is 3.67. The molecule has 3 N–H and O–H groups in total. The summed E-state index contributed by atoms with van der Waals surface area (Å²) in [6, 6.07) is 1.08. The number of rotatable bonds is 1. The number of hydrogen-bond donors (Lipinski definition) is 2. The molecular formula is C13H14F3N5. The highest BCUT2D eigenvalue weighted by Gasteiger charge is 2.35. The molecule has 3 rings (SSSR count). The smallest absolute Gasteiger partial charge is 0.383 e. The first-order chi connectivity index (χ1) is 9.97. The van der Waals surface area contributed by atoms with E-state index >= 15 is 0 Å². The number of anilines is 1. The first kappa shape index (κ1) is 14.0. The van der Waals surface area contributed by atoms with Gasteiger partial charge >= 0.3 is 6.18 Å². The Bertz CT molecular complexity index is 665. The Balaban J connectivity index is 2.20. The zero-order valence-corrected chi connectivity index (χ0v) is 11.1. The number of alkyl halides is 3. The Labute approximate surface area is 118 Å². The van der Waals surface area contributed by atoms with E-state index < -0.39 is 11.7 Å². The maximum absolute atomic E-state index is 13.3. The molecule has 3 heterocycles. The van der Waals surface area contributed by atoms with Crippen LogP contribution < -0.4 is 11.1 Å². The maximum Gasteiger partial charge on any atom is 0.417 e. The summed E-state index contributed by atoms with van der Waals surface area (Å²) in [5.74, 6) is -0.242. The Kier molecular flexibility index (Phi) is 3.40. The molecule has 0 aromatic carbocycles. The minimum atomic E-state index is -4.52. The molecule has 8 heteroatoms. The van der Waals surface area contributed by atoms with Crippen LogP contribution in [0.3, 0.4) is 0 Å². The molecule has 0 bridgehead atoms. The predicted molar refractivity (Wildman–Crippen MR) is 71.6 cm³/mol. The first-order valence-corrected chi connectivity index (χ1v) is 6.66. The summed E-state index contributed by atoms with van der Waals surface area (Å²) in [5.41, 5.74) is 5.17. The van der Waals surface area contributed by atoms with Crippen LogP contribution in [0.25, 0.3) is 11.0 Å². The third kappa shape index (κ3) is 2.63. The quantitative estimate of drug-likeness (QED) is 0.843. The molecule has 112 valence electrons. The second kappa shape index (κ2) is 5.10. The molecule has 1 fully saturated rings. The van der Waals surface area contributed by atoms with Gasteiger partial charge in [0, 0.05) is 18.2 Å². The van der Waals surface area contributed by atoms with Gasteiger partial charge in [0.25, 0.3) is 0 Å².